The van der Waals surface area contributed by atoms with Crippen molar-refractivity contribution in [3.63, 3.8) is 0 Å². The lowest BCUT2D eigenvalue weighted by atomic mass is 10.1. The van der Waals surface area contributed by atoms with Gasteiger partial charge in [0.25, 0.3) is 5.78 Å². The van der Waals surface area contributed by atoms with Crippen molar-refractivity contribution in [3.8, 4) is 0 Å². The number of hydrogen-bond donors (Lipinski definition) is 0. The number of methoxy groups -OCH3 is 1. The maximum Gasteiger partial charge on any atom is 0.379 e. The Balaban J connectivity index is 3.17. The van der Waals surface area contributed by atoms with Gasteiger partial charge in [0.05, 0.1) is 7.11 Å². The van der Waals surface area contributed by atoms with Crippen LogP contribution in [0.4, 0.5) is 13.2 Å². The van der Waals surface area contributed by atoms with Gasteiger partial charge >= 0.3 is 5.97 Å². The highest BCUT2D eigenvalue weighted by Crippen LogP contribution is 2.14. The molecule has 0 fully saturated rings. The van der Waals surface area contributed by atoms with Crippen molar-refractivity contribution >= 4 is 11.8 Å². The molecule has 6 heteroatoms. The summed E-state index contributed by atoms with van der Waals surface area (Å²) in [6.07, 6.45) is 0. The number of Topliss-reactive ketones (excluding diaryl/α,β-unsaturated/α-hetero) is 1. The third kappa shape index (κ3) is 2.15. The Hall–Kier alpha value is -1.85. The topological polar surface area (TPSA) is 43.4 Å². The Kier molecular flexibility index (Phi) is 3.08. The van der Waals surface area contributed by atoms with E-state index >= 15 is 0 Å². The SMILES string of the molecule is COC(=O)C(=O)c1cc(F)c(F)c(F)c1. The summed E-state index contributed by atoms with van der Waals surface area (Å²) in [6, 6.07) is 0.856. The van der Waals surface area contributed by atoms with E-state index < -0.39 is 34.8 Å². The molecule has 0 N–H and O–H groups in total. The normalized spacial score (nSPS) is 9.87. The molecule has 3 nitrogen and oxygen atoms in total. The van der Waals surface area contributed by atoms with Crippen molar-refractivity contribution in [2.45, 2.75) is 0 Å². The second-order valence-corrected chi connectivity index (χ2v) is 2.57. The van der Waals surface area contributed by atoms with E-state index in [0.717, 1.165) is 7.11 Å². The van der Waals surface area contributed by atoms with Crippen LogP contribution in [0.2, 0.25) is 0 Å². The van der Waals surface area contributed by atoms with Crippen LogP contribution in [0.25, 0.3) is 0 Å². The second-order valence-electron chi connectivity index (χ2n) is 2.57. The molecule has 0 atom stereocenters. The number of halogens is 3. The zero-order valence-corrected chi connectivity index (χ0v) is 7.51. The van der Waals surface area contributed by atoms with Crippen molar-refractivity contribution in [1.82, 2.24) is 0 Å². The van der Waals surface area contributed by atoms with Gasteiger partial charge in [-0.05, 0) is 12.1 Å². The monoisotopic (exact) mass is 218 g/mol. The Morgan fingerprint density at radius 2 is 1.60 bits per heavy atom. The molecule has 1 aromatic rings. The lowest BCUT2D eigenvalue weighted by Crippen LogP contribution is -2.16. The molecule has 80 valence electrons. The van der Waals surface area contributed by atoms with Crippen LogP contribution in [0.15, 0.2) is 12.1 Å². The number of ether oxygens (including phenoxy) is 1. The van der Waals surface area contributed by atoms with E-state index in [0.29, 0.717) is 12.1 Å². The van der Waals surface area contributed by atoms with Crippen molar-refractivity contribution < 1.29 is 27.5 Å². The van der Waals surface area contributed by atoms with Crippen LogP contribution in [0, 0.1) is 17.5 Å². The Morgan fingerprint density at radius 1 is 1.13 bits per heavy atom. The molecule has 0 aliphatic carbocycles. The molecule has 0 bridgehead atoms. The number of ketones is 1. The number of esters is 1. The summed E-state index contributed by atoms with van der Waals surface area (Å²) in [7, 11) is 0.941. The number of carbonyl (C=O) groups excluding carboxylic acids is 2. The molecule has 0 saturated heterocycles. The highest BCUT2D eigenvalue weighted by Gasteiger charge is 2.20. The van der Waals surface area contributed by atoms with Crippen LogP contribution < -0.4 is 0 Å². The first-order chi connectivity index (χ1) is 6.97. The van der Waals surface area contributed by atoms with Gasteiger partial charge < -0.3 is 4.74 Å². The standard InChI is InChI=1S/C9H5F3O3/c1-15-9(14)8(13)4-2-5(10)7(12)6(11)3-4/h2-3H,1H3. The van der Waals surface area contributed by atoms with Crippen molar-refractivity contribution in [2.24, 2.45) is 0 Å². The van der Waals surface area contributed by atoms with E-state index in [1.165, 1.54) is 0 Å². The molecular formula is C9H5F3O3. The molecule has 0 unspecified atom stereocenters. The van der Waals surface area contributed by atoms with Crippen LogP contribution in [-0.4, -0.2) is 18.9 Å². The fourth-order valence-corrected chi connectivity index (χ4v) is 0.897. The minimum absolute atomic E-state index is 0.428. The molecule has 0 aliphatic heterocycles. The highest BCUT2D eigenvalue weighted by atomic mass is 19.2. The van der Waals surface area contributed by atoms with E-state index in [9.17, 15) is 22.8 Å². The summed E-state index contributed by atoms with van der Waals surface area (Å²) in [5.41, 5.74) is -0.599. The highest BCUT2D eigenvalue weighted by molar-refractivity contribution is 6.40. The maximum absolute atomic E-state index is 12.6. The summed E-state index contributed by atoms with van der Waals surface area (Å²) >= 11 is 0. The van der Waals surface area contributed by atoms with Gasteiger partial charge in [0.15, 0.2) is 17.5 Å². The molecular weight excluding hydrogens is 213 g/mol. The quantitative estimate of drug-likeness (QED) is 0.326. The Morgan fingerprint density at radius 3 is 2.00 bits per heavy atom. The van der Waals surface area contributed by atoms with Crippen molar-refractivity contribution in [2.75, 3.05) is 7.11 Å². The predicted octanol–water partition coefficient (Wildman–Crippen LogP) is 1.46. The van der Waals surface area contributed by atoms with Gasteiger partial charge in [-0.1, -0.05) is 0 Å². The molecule has 15 heavy (non-hydrogen) atoms. The van der Waals surface area contributed by atoms with Crippen LogP contribution in [-0.2, 0) is 9.53 Å². The summed E-state index contributed by atoms with van der Waals surface area (Å²) in [5.74, 6) is -7.29. The van der Waals surface area contributed by atoms with Gasteiger partial charge in [0.1, 0.15) is 0 Å². The van der Waals surface area contributed by atoms with Gasteiger partial charge in [-0.25, -0.2) is 18.0 Å². The summed E-state index contributed by atoms with van der Waals surface area (Å²) < 4.78 is 41.8. The molecule has 1 aromatic carbocycles. The van der Waals surface area contributed by atoms with Crippen LogP contribution in [0.1, 0.15) is 10.4 Å². The largest absolute Gasteiger partial charge is 0.463 e. The van der Waals surface area contributed by atoms with Gasteiger partial charge in [-0.3, -0.25) is 4.79 Å². The molecule has 0 radical (unpaired) electrons. The fraction of sp³-hybridized carbons (Fsp3) is 0.111. The van der Waals surface area contributed by atoms with E-state index in [4.69, 9.17) is 0 Å². The molecule has 0 amide bonds. The summed E-state index contributed by atoms with van der Waals surface area (Å²) in [4.78, 5) is 21.8. The third-order valence-electron chi connectivity index (χ3n) is 1.62. The molecule has 0 aliphatic rings. The average molecular weight is 218 g/mol. The first kappa shape index (κ1) is 11.2. The van der Waals surface area contributed by atoms with Crippen LogP contribution >= 0.6 is 0 Å². The Labute approximate surface area is 82.5 Å². The zero-order chi connectivity index (χ0) is 11.6. The molecule has 0 spiro atoms. The van der Waals surface area contributed by atoms with E-state index in [1.54, 1.807) is 0 Å². The van der Waals surface area contributed by atoms with E-state index in [2.05, 4.69) is 4.74 Å². The minimum atomic E-state index is -1.70. The van der Waals surface area contributed by atoms with Gasteiger partial charge in [-0.2, -0.15) is 0 Å². The van der Waals surface area contributed by atoms with Gasteiger partial charge in [0, 0.05) is 5.56 Å². The fourth-order valence-electron chi connectivity index (χ4n) is 0.897. The molecule has 0 saturated carbocycles. The number of hydrogen-bond acceptors (Lipinski definition) is 3. The van der Waals surface area contributed by atoms with Gasteiger partial charge in [0.2, 0.25) is 0 Å². The third-order valence-corrected chi connectivity index (χ3v) is 1.62. The number of carbonyl (C=O) groups is 2. The molecule has 0 aromatic heterocycles. The Bertz CT molecular complexity index is 406. The molecule has 0 heterocycles. The second kappa shape index (κ2) is 4.12. The lowest BCUT2D eigenvalue weighted by molar-refractivity contribution is -0.135. The predicted molar refractivity (Wildman–Crippen MR) is 42.7 cm³/mol. The lowest BCUT2D eigenvalue weighted by Gasteiger charge is -2.00. The number of rotatable bonds is 2. The van der Waals surface area contributed by atoms with Crippen LogP contribution in [0.3, 0.4) is 0 Å². The first-order valence-electron chi connectivity index (χ1n) is 3.74. The van der Waals surface area contributed by atoms with Crippen molar-refractivity contribution in [1.29, 1.82) is 0 Å². The summed E-state index contributed by atoms with van der Waals surface area (Å²) in [6.45, 7) is 0. The number of benzene rings is 1. The van der Waals surface area contributed by atoms with Gasteiger partial charge in [-0.15, -0.1) is 0 Å². The smallest absolute Gasteiger partial charge is 0.379 e. The minimum Gasteiger partial charge on any atom is -0.463 e. The van der Waals surface area contributed by atoms with E-state index in [1.807, 2.05) is 0 Å². The van der Waals surface area contributed by atoms with Crippen LogP contribution in [0.5, 0.6) is 0 Å². The maximum atomic E-state index is 12.6. The average Bonchev–Trinajstić information content (AvgIpc) is 2.23. The van der Waals surface area contributed by atoms with E-state index in [-0.39, 0.29) is 0 Å². The molecule has 1 rings (SSSR count). The zero-order valence-electron chi connectivity index (χ0n) is 7.51. The summed E-state index contributed by atoms with van der Waals surface area (Å²) in [5, 5.41) is 0. The van der Waals surface area contributed by atoms with Crippen molar-refractivity contribution in [3.05, 3.63) is 35.1 Å². The first-order valence-corrected chi connectivity index (χ1v) is 3.74.